The average Bonchev–Trinajstić information content (AvgIpc) is 3.03. The van der Waals surface area contributed by atoms with E-state index in [0.29, 0.717) is 44.5 Å². The molecular weight excluding hydrogens is 407 g/mol. The number of anilines is 2. The molecule has 0 bridgehead atoms. The monoisotopic (exact) mass is 426 g/mol. The second-order valence-electron chi connectivity index (χ2n) is 7.15. The zero-order valence-electron chi connectivity index (χ0n) is 16.0. The Bertz CT molecular complexity index is 1170. The Morgan fingerprint density at radius 1 is 1.03 bits per heavy atom. The number of hydrogen-bond donors (Lipinski definition) is 2. The van der Waals surface area contributed by atoms with Gasteiger partial charge in [-0.1, -0.05) is 49.2 Å². The summed E-state index contributed by atoms with van der Waals surface area (Å²) >= 11 is 12.2. The topological polar surface area (TPSA) is 81.6 Å². The molecule has 4 aromatic rings. The molecule has 2 aromatic carbocycles. The normalized spacial score (nSPS) is 11.3. The molecule has 2 heterocycles. The van der Waals surface area contributed by atoms with E-state index in [2.05, 4.69) is 29.2 Å². The summed E-state index contributed by atoms with van der Waals surface area (Å²) in [5.74, 6) is 1.40. The van der Waals surface area contributed by atoms with Crippen LogP contribution >= 0.6 is 23.2 Å². The summed E-state index contributed by atoms with van der Waals surface area (Å²) in [7, 11) is 0. The summed E-state index contributed by atoms with van der Waals surface area (Å²) in [6, 6.07) is 14.8. The minimum atomic E-state index is 0.445. The summed E-state index contributed by atoms with van der Waals surface area (Å²) in [5.41, 5.74) is 9.32. The molecule has 0 aliphatic heterocycles. The van der Waals surface area contributed by atoms with E-state index in [0.717, 1.165) is 17.8 Å². The van der Waals surface area contributed by atoms with Crippen molar-refractivity contribution in [2.24, 2.45) is 5.92 Å². The van der Waals surface area contributed by atoms with Gasteiger partial charge in [-0.2, -0.15) is 4.98 Å². The molecule has 0 aliphatic rings. The van der Waals surface area contributed by atoms with Crippen LogP contribution in [0.1, 0.15) is 13.8 Å². The minimum absolute atomic E-state index is 0.445. The quantitative estimate of drug-likeness (QED) is 0.443. The van der Waals surface area contributed by atoms with E-state index in [4.69, 9.17) is 33.9 Å². The Kier molecular flexibility index (Phi) is 5.30. The first-order valence-electron chi connectivity index (χ1n) is 9.24. The number of nitrogens with zero attached hydrogens (tertiary/aromatic N) is 4. The lowest BCUT2D eigenvalue weighted by Gasteiger charge is -2.10. The summed E-state index contributed by atoms with van der Waals surface area (Å²) in [6.45, 7) is 4.99. The Labute approximate surface area is 178 Å². The molecule has 0 fully saturated rings. The number of fused-ring (bicyclic) bond motifs is 1. The van der Waals surface area contributed by atoms with Gasteiger partial charge in [-0.25, -0.2) is 9.67 Å². The number of benzene rings is 2. The Hall–Kier alpha value is -2.83. The van der Waals surface area contributed by atoms with E-state index >= 15 is 0 Å². The lowest BCUT2D eigenvalue weighted by molar-refractivity contribution is 0.685. The summed E-state index contributed by atoms with van der Waals surface area (Å²) in [5, 5.41) is 9.85. The van der Waals surface area contributed by atoms with Gasteiger partial charge in [0, 0.05) is 22.2 Å². The molecule has 0 atom stereocenters. The number of halogens is 2. The maximum atomic E-state index is 6.49. The van der Waals surface area contributed by atoms with Gasteiger partial charge in [0.2, 0.25) is 5.95 Å². The number of hydrogen-bond acceptors (Lipinski definition) is 5. The second kappa shape index (κ2) is 7.89. The molecule has 0 spiro atoms. The molecule has 0 unspecified atom stereocenters. The first-order chi connectivity index (χ1) is 13.9. The van der Waals surface area contributed by atoms with Gasteiger partial charge in [0.15, 0.2) is 5.65 Å². The van der Waals surface area contributed by atoms with E-state index in [-0.39, 0.29) is 0 Å². The zero-order chi connectivity index (χ0) is 20.5. The fourth-order valence-corrected chi connectivity index (χ4v) is 3.33. The van der Waals surface area contributed by atoms with Gasteiger partial charge in [0.1, 0.15) is 5.82 Å². The van der Waals surface area contributed by atoms with Crippen LogP contribution in [-0.2, 0) is 0 Å². The van der Waals surface area contributed by atoms with E-state index in [1.54, 1.807) is 16.8 Å². The van der Waals surface area contributed by atoms with Gasteiger partial charge in [0.05, 0.1) is 16.8 Å². The van der Waals surface area contributed by atoms with Crippen molar-refractivity contribution in [2.45, 2.75) is 13.8 Å². The number of rotatable bonds is 5. The highest BCUT2D eigenvalue weighted by atomic mass is 35.5. The van der Waals surface area contributed by atoms with Crippen LogP contribution in [0, 0.1) is 5.92 Å². The molecule has 0 amide bonds. The zero-order valence-corrected chi connectivity index (χ0v) is 17.5. The van der Waals surface area contributed by atoms with Crippen LogP contribution in [0.25, 0.3) is 28.0 Å². The predicted molar refractivity (Wildman–Crippen MR) is 120 cm³/mol. The number of nitrogen functional groups attached to an aromatic ring is 1. The molecule has 29 heavy (non-hydrogen) atoms. The molecule has 8 heteroatoms. The van der Waals surface area contributed by atoms with Crippen molar-refractivity contribution in [3.8, 4) is 16.9 Å². The van der Waals surface area contributed by atoms with Gasteiger partial charge in [-0.3, -0.25) is 0 Å². The molecule has 6 nitrogen and oxygen atoms in total. The first-order valence-corrected chi connectivity index (χ1v) is 10.00. The van der Waals surface area contributed by atoms with Gasteiger partial charge in [-0.15, -0.1) is 5.10 Å². The average molecular weight is 427 g/mol. The fourth-order valence-electron chi connectivity index (χ4n) is 3.01. The van der Waals surface area contributed by atoms with Gasteiger partial charge < -0.3 is 11.1 Å². The van der Waals surface area contributed by atoms with Crippen LogP contribution in [0.4, 0.5) is 11.8 Å². The smallest absolute Gasteiger partial charge is 0.225 e. The predicted octanol–water partition coefficient (Wildman–Crippen LogP) is 5.44. The fraction of sp³-hybridized carbons (Fsp3) is 0.190. The van der Waals surface area contributed by atoms with Crippen LogP contribution in [0.2, 0.25) is 10.0 Å². The van der Waals surface area contributed by atoms with Crippen LogP contribution in [0.3, 0.4) is 0 Å². The lowest BCUT2D eigenvalue weighted by Crippen LogP contribution is -2.11. The molecular formula is C21H20Cl2N6. The Morgan fingerprint density at radius 3 is 2.48 bits per heavy atom. The van der Waals surface area contributed by atoms with Crippen LogP contribution in [0.15, 0.2) is 48.5 Å². The van der Waals surface area contributed by atoms with Crippen molar-refractivity contribution in [1.82, 2.24) is 19.7 Å². The number of aromatic nitrogens is 4. The van der Waals surface area contributed by atoms with Crippen molar-refractivity contribution in [2.75, 3.05) is 17.6 Å². The van der Waals surface area contributed by atoms with Crippen molar-refractivity contribution >= 4 is 46.0 Å². The Balaban J connectivity index is 1.93. The van der Waals surface area contributed by atoms with Gasteiger partial charge in [-0.05, 0) is 42.3 Å². The maximum Gasteiger partial charge on any atom is 0.225 e. The SMILES string of the molecule is CC(C)CNc1nc(-c2cccc(Cl)c2)c2c(N)n(-c3ccc(Cl)cc3)nc2n1. The van der Waals surface area contributed by atoms with E-state index in [1.807, 2.05) is 36.4 Å². The molecule has 3 N–H and O–H groups in total. The standard InChI is InChI=1S/C21H20Cl2N6/c1-12(2)11-25-21-26-18(13-4-3-5-15(23)10-13)17-19(24)29(28-20(17)27-21)16-8-6-14(22)7-9-16/h3-10,12H,11,24H2,1-2H3,(H,25,27,28). The van der Waals surface area contributed by atoms with E-state index in [1.165, 1.54) is 0 Å². The molecule has 0 aliphatic carbocycles. The molecule has 0 saturated heterocycles. The number of nitrogens with one attached hydrogen (secondary N) is 1. The van der Waals surface area contributed by atoms with E-state index < -0.39 is 0 Å². The maximum absolute atomic E-state index is 6.49. The molecule has 2 aromatic heterocycles. The molecule has 0 radical (unpaired) electrons. The van der Waals surface area contributed by atoms with Crippen LogP contribution in [0.5, 0.6) is 0 Å². The highest BCUT2D eigenvalue weighted by Gasteiger charge is 2.19. The van der Waals surface area contributed by atoms with Crippen molar-refractivity contribution in [3.63, 3.8) is 0 Å². The summed E-state index contributed by atoms with van der Waals surface area (Å²) < 4.78 is 1.65. The summed E-state index contributed by atoms with van der Waals surface area (Å²) in [4.78, 5) is 9.32. The molecule has 0 saturated carbocycles. The Morgan fingerprint density at radius 2 is 1.79 bits per heavy atom. The summed E-state index contributed by atoms with van der Waals surface area (Å²) in [6.07, 6.45) is 0. The van der Waals surface area contributed by atoms with Crippen molar-refractivity contribution in [1.29, 1.82) is 0 Å². The van der Waals surface area contributed by atoms with Crippen LogP contribution in [-0.4, -0.2) is 26.3 Å². The minimum Gasteiger partial charge on any atom is -0.383 e. The van der Waals surface area contributed by atoms with Crippen molar-refractivity contribution < 1.29 is 0 Å². The first kappa shape index (κ1) is 19.5. The highest BCUT2D eigenvalue weighted by molar-refractivity contribution is 6.31. The van der Waals surface area contributed by atoms with E-state index in [9.17, 15) is 0 Å². The molecule has 148 valence electrons. The largest absolute Gasteiger partial charge is 0.383 e. The third kappa shape index (κ3) is 3.99. The third-order valence-corrected chi connectivity index (χ3v) is 4.89. The highest BCUT2D eigenvalue weighted by Crippen LogP contribution is 2.33. The third-order valence-electron chi connectivity index (χ3n) is 4.41. The lowest BCUT2D eigenvalue weighted by atomic mass is 10.1. The number of nitrogens with two attached hydrogens (primary N) is 1. The van der Waals surface area contributed by atoms with Gasteiger partial charge >= 0.3 is 0 Å². The second-order valence-corrected chi connectivity index (χ2v) is 8.03. The van der Waals surface area contributed by atoms with Crippen LogP contribution < -0.4 is 11.1 Å². The van der Waals surface area contributed by atoms with Gasteiger partial charge in [0.25, 0.3) is 0 Å². The molecule has 4 rings (SSSR count). The van der Waals surface area contributed by atoms with Crippen molar-refractivity contribution in [3.05, 3.63) is 58.6 Å².